The highest BCUT2D eigenvalue weighted by Crippen LogP contribution is 2.11. The van der Waals surface area contributed by atoms with Gasteiger partial charge in [-0.25, -0.2) is 10.9 Å². The van der Waals surface area contributed by atoms with Crippen molar-refractivity contribution in [3.63, 3.8) is 0 Å². The second-order valence-electron chi connectivity index (χ2n) is 4.46. The molecule has 0 saturated carbocycles. The molecule has 2 aromatic rings. The van der Waals surface area contributed by atoms with E-state index in [9.17, 15) is 4.79 Å². The normalized spacial score (nSPS) is 10.2. The van der Waals surface area contributed by atoms with E-state index in [2.05, 4.69) is 9.97 Å². The van der Waals surface area contributed by atoms with Crippen LogP contribution < -0.4 is 5.84 Å². The highest BCUT2D eigenvalue weighted by Gasteiger charge is 2.17. The summed E-state index contributed by atoms with van der Waals surface area (Å²) < 4.78 is 0. The molecule has 0 aliphatic rings. The number of amidine groups is 1. The molecule has 0 unspecified atom stereocenters. The first-order valence-electron chi connectivity index (χ1n) is 6.73. The van der Waals surface area contributed by atoms with E-state index >= 15 is 0 Å². The number of rotatable bonds is 6. The van der Waals surface area contributed by atoms with Crippen molar-refractivity contribution in [2.45, 2.75) is 12.2 Å². The molecular formula is C15H17N5OS. The van der Waals surface area contributed by atoms with Crippen LogP contribution in [0.4, 0.5) is 0 Å². The Morgan fingerprint density at radius 2 is 1.91 bits per heavy atom. The third-order valence-corrected chi connectivity index (χ3v) is 3.85. The second-order valence-corrected chi connectivity index (χ2v) is 5.57. The molecule has 2 aromatic heterocycles. The number of aromatic nitrogens is 2. The largest absolute Gasteiger partial charge is 0.292 e. The molecule has 3 N–H and O–H groups in total. The Labute approximate surface area is 133 Å². The van der Waals surface area contributed by atoms with E-state index in [1.165, 1.54) is 6.20 Å². The average molecular weight is 315 g/mol. The molecule has 0 aliphatic carbocycles. The summed E-state index contributed by atoms with van der Waals surface area (Å²) in [5.74, 6) is 6.75. The van der Waals surface area contributed by atoms with Gasteiger partial charge in [0.15, 0.2) is 0 Å². The fourth-order valence-electron chi connectivity index (χ4n) is 1.68. The van der Waals surface area contributed by atoms with Crippen LogP contribution in [0.15, 0.2) is 48.8 Å². The number of hydrogen-bond acceptors (Lipinski definition) is 6. The van der Waals surface area contributed by atoms with E-state index in [0.29, 0.717) is 12.2 Å². The van der Waals surface area contributed by atoms with Gasteiger partial charge in [-0.15, -0.1) is 0 Å². The molecule has 0 saturated heterocycles. The lowest BCUT2D eigenvalue weighted by molar-refractivity contribution is 0.0838. The summed E-state index contributed by atoms with van der Waals surface area (Å²) in [5.41, 5.74) is 1.23. The van der Waals surface area contributed by atoms with Crippen LogP contribution in [0.1, 0.15) is 22.6 Å². The van der Waals surface area contributed by atoms with Crippen LogP contribution in [-0.2, 0) is 5.75 Å². The predicted octanol–water partition coefficient (Wildman–Crippen LogP) is 2.09. The number of thioether (sulfide) groups is 1. The van der Waals surface area contributed by atoms with E-state index in [0.717, 1.165) is 16.5 Å². The van der Waals surface area contributed by atoms with Gasteiger partial charge in [0.1, 0.15) is 11.5 Å². The molecule has 1 amide bonds. The van der Waals surface area contributed by atoms with Crippen molar-refractivity contribution in [3.8, 4) is 0 Å². The number of hydrazine groups is 1. The van der Waals surface area contributed by atoms with Crippen LogP contribution in [-0.4, -0.2) is 32.5 Å². The zero-order valence-electron chi connectivity index (χ0n) is 12.0. The maximum atomic E-state index is 12.0. The van der Waals surface area contributed by atoms with Gasteiger partial charge < -0.3 is 0 Å². The van der Waals surface area contributed by atoms with E-state index in [1.54, 1.807) is 36.2 Å². The fourth-order valence-corrected chi connectivity index (χ4v) is 2.55. The monoisotopic (exact) mass is 315 g/mol. The number of nitrogens with two attached hydrogens (primary N) is 1. The third-order valence-electron chi connectivity index (χ3n) is 2.85. The highest BCUT2D eigenvalue weighted by molar-refractivity contribution is 7.98. The number of nitrogens with zero attached hydrogens (tertiary/aromatic N) is 3. The maximum absolute atomic E-state index is 12.0. The molecule has 2 rings (SSSR count). The summed E-state index contributed by atoms with van der Waals surface area (Å²) in [4.78, 5) is 20.2. The number of amides is 1. The van der Waals surface area contributed by atoms with Gasteiger partial charge in [0.25, 0.3) is 5.91 Å². The Morgan fingerprint density at radius 3 is 2.55 bits per heavy atom. The quantitative estimate of drug-likeness (QED) is 0.212. The van der Waals surface area contributed by atoms with Crippen LogP contribution in [0.2, 0.25) is 0 Å². The number of carbonyl (C=O) groups excluding carboxylic acids is 1. The summed E-state index contributed by atoms with van der Waals surface area (Å²) in [7, 11) is 0. The minimum atomic E-state index is -0.472. The first kappa shape index (κ1) is 16.1. The van der Waals surface area contributed by atoms with Crippen LogP contribution in [0.25, 0.3) is 0 Å². The van der Waals surface area contributed by atoms with E-state index in [4.69, 9.17) is 11.3 Å². The molecule has 0 spiro atoms. The van der Waals surface area contributed by atoms with Crippen molar-refractivity contribution in [2.24, 2.45) is 5.84 Å². The summed E-state index contributed by atoms with van der Waals surface area (Å²) in [6, 6.07) is 10.8. The van der Waals surface area contributed by atoms with Crippen molar-refractivity contribution >= 4 is 23.5 Å². The lowest BCUT2D eigenvalue weighted by Gasteiger charge is -2.16. The van der Waals surface area contributed by atoms with Crippen LogP contribution in [0, 0.1) is 5.41 Å². The number of pyridine rings is 2. The van der Waals surface area contributed by atoms with E-state index in [-0.39, 0.29) is 11.5 Å². The molecule has 0 bridgehead atoms. The lowest BCUT2D eigenvalue weighted by atomic mass is 10.3. The molecule has 22 heavy (non-hydrogen) atoms. The topological polar surface area (TPSA) is 96.0 Å². The smallest absolute Gasteiger partial charge is 0.287 e. The zero-order valence-corrected chi connectivity index (χ0v) is 12.8. The molecule has 0 radical (unpaired) electrons. The van der Waals surface area contributed by atoms with Crippen LogP contribution >= 0.6 is 11.8 Å². The number of nitrogens with one attached hydrogen (secondary N) is 1. The standard InChI is InChI=1S/C15H17N5OS/c16-14(7-10-22-11-12-5-1-3-8-18-12)20(17)15(21)13-6-2-4-9-19-13/h1-6,8-9,16H,7,10-11,17H2. The minimum absolute atomic E-state index is 0.0733. The molecule has 0 aromatic carbocycles. The minimum Gasteiger partial charge on any atom is -0.287 e. The first-order chi connectivity index (χ1) is 10.7. The third kappa shape index (κ3) is 4.64. The summed E-state index contributed by atoms with van der Waals surface area (Å²) in [6.07, 6.45) is 3.69. The molecule has 114 valence electrons. The number of carbonyl (C=O) groups is 1. The van der Waals surface area contributed by atoms with Gasteiger partial charge in [0.05, 0.1) is 5.69 Å². The van der Waals surface area contributed by atoms with Crippen molar-refractivity contribution < 1.29 is 4.79 Å². The lowest BCUT2D eigenvalue weighted by Crippen LogP contribution is -2.42. The van der Waals surface area contributed by atoms with Gasteiger partial charge in [0, 0.05) is 30.3 Å². The summed E-state index contributed by atoms with van der Waals surface area (Å²) in [5, 5.41) is 8.73. The summed E-state index contributed by atoms with van der Waals surface area (Å²) in [6.45, 7) is 0. The molecular weight excluding hydrogens is 298 g/mol. The Morgan fingerprint density at radius 1 is 1.18 bits per heavy atom. The van der Waals surface area contributed by atoms with E-state index in [1.807, 2.05) is 18.2 Å². The van der Waals surface area contributed by atoms with E-state index < -0.39 is 5.91 Å². The van der Waals surface area contributed by atoms with Gasteiger partial charge in [-0.05, 0) is 24.3 Å². The average Bonchev–Trinajstić information content (AvgIpc) is 2.59. The second kappa shape index (κ2) is 8.26. The Bertz CT molecular complexity index is 620. The van der Waals surface area contributed by atoms with Crippen LogP contribution in [0.3, 0.4) is 0 Å². The predicted molar refractivity (Wildman–Crippen MR) is 87.3 cm³/mol. The zero-order chi connectivity index (χ0) is 15.8. The van der Waals surface area contributed by atoms with Crippen molar-refractivity contribution in [1.29, 1.82) is 5.41 Å². The maximum Gasteiger partial charge on any atom is 0.292 e. The van der Waals surface area contributed by atoms with Crippen molar-refractivity contribution in [1.82, 2.24) is 15.0 Å². The van der Waals surface area contributed by atoms with Gasteiger partial charge in [0.2, 0.25) is 0 Å². The van der Waals surface area contributed by atoms with Gasteiger partial charge in [-0.3, -0.25) is 20.2 Å². The van der Waals surface area contributed by atoms with Gasteiger partial charge in [-0.2, -0.15) is 11.8 Å². The summed E-state index contributed by atoms with van der Waals surface area (Å²) >= 11 is 1.65. The molecule has 6 nitrogen and oxygen atoms in total. The molecule has 0 aliphatic heterocycles. The number of hydrogen-bond donors (Lipinski definition) is 2. The SMILES string of the molecule is N=C(CCSCc1ccccn1)N(N)C(=O)c1ccccn1. The van der Waals surface area contributed by atoms with Crippen molar-refractivity contribution in [3.05, 3.63) is 60.2 Å². The Kier molecular flexibility index (Phi) is 6.05. The molecule has 0 atom stereocenters. The van der Waals surface area contributed by atoms with Crippen LogP contribution in [0.5, 0.6) is 0 Å². The Hall–Kier alpha value is -2.25. The molecule has 2 heterocycles. The molecule has 7 heteroatoms. The fraction of sp³-hybridized carbons (Fsp3) is 0.200. The van der Waals surface area contributed by atoms with Crippen molar-refractivity contribution in [2.75, 3.05) is 5.75 Å². The Balaban J connectivity index is 1.76. The first-order valence-corrected chi connectivity index (χ1v) is 7.89. The van der Waals surface area contributed by atoms with Gasteiger partial charge in [-0.1, -0.05) is 12.1 Å². The molecule has 0 fully saturated rings. The highest BCUT2D eigenvalue weighted by atomic mass is 32.2. The van der Waals surface area contributed by atoms with Gasteiger partial charge >= 0.3 is 0 Å².